The molecule has 13 nitrogen and oxygen atoms in total. The smallest absolute Gasteiger partial charge is 0.305 e. The highest BCUT2D eigenvalue weighted by Crippen LogP contribution is 2.28. The largest absolute Gasteiger partial charge is 0.463 e. The fourth-order valence-electron chi connectivity index (χ4n) is 2.59. The van der Waals surface area contributed by atoms with E-state index in [1.54, 1.807) is 0 Å². The molecule has 0 aromatic carbocycles. The van der Waals surface area contributed by atoms with E-state index in [0.29, 0.717) is 0 Å². The van der Waals surface area contributed by atoms with E-state index in [1.165, 1.54) is 7.05 Å². The van der Waals surface area contributed by atoms with Gasteiger partial charge in [0.05, 0.1) is 5.29 Å². The van der Waals surface area contributed by atoms with Gasteiger partial charge in [-0.25, -0.2) is 5.01 Å². The molecule has 0 aromatic rings. The molecule has 1 aliphatic rings. The Labute approximate surface area is 177 Å². The van der Waals surface area contributed by atoms with Gasteiger partial charge in [0.25, 0.3) is 0 Å². The van der Waals surface area contributed by atoms with E-state index in [0.717, 1.165) is 32.7 Å². The third kappa shape index (κ3) is 7.51. The summed E-state index contributed by atoms with van der Waals surface area (Å²) >= 11 is 5.04. The summed E-state index contributed by atoms with van der Waals surface area (Å²) in [6.45, 7) is 4.09. The molecule has 1 heterocycles. The van der Waals surface area contributed by atoms with Crippen molar-refractivity contribution in [3.8, 4) is 0 Å². The predicted octanol–water partition coefficient (Wildman–Crippen LogP) is -0.443. The molecule has 30 heavy (non-hydrogen) atoms. The quantitative estimate of drug-likeness (QED) is 0.175. The van der Waals surface area contributed by atoms with Gasteiger partial charge in [-0.05, 0) is 12.2 Å². The highest BCUT2D eigenvalue weighted by molar-refractivity contribution is 7.80. The van der Waals surface area contributed by atoms with E-state index in [4.69, 9.17) is 35.9 Å². The molecule has 1 rings (SSSR count). The van der Waals surface area contributed by atoms with Gasteiger partial charge in [-0.3, -0.25) is 19.2 Å². The van der Waals surface area contributed by atoms with Crippen molar-refractivity contribution in [3.05, 3.63) is 4.91 Å². The van der Waals surface area contributed by atoms with Crippen LogP contribution in [-0.2, 0) is 42.9 Å². The fraction of sp³-hybridized carbons (Fsp3) is 0.688. The molecule has 1 N–H and O–H groups in total. The molecular formula is C16H23N3O10S. The van der Waals surface area contributed by atoms with Crippen molar-refractivity contribution in [1.82, 2.24) is 10.3 Å². The summed E-state index contributed by atoms with van der Waals surface area (Å²) in [5.41, 5.74) is 0. The molecule has 0 aliphatic carbocycles. The molecule has 5 unspecified atom stereocenters. The first-order valence-corrected chi connectivity index (χ1v) is 9.05. The number of carbonyl (C=O) groups is 4. The lowest BCUT2D eigenvalue weighted by Gasteiger charge is -2.44. The zero-order valence-electron chi connectivity index (χ0n) is 17.0. The number of rotatable bonds is 7. The zero-order valence-corrected chi connectivity index (χ0v) is 17.8. The Morgan fingerprint density at radius 1 is 0.967 bits per heavy atom. The molecule has 1 aliphatic heterocycles. The molecule has 0 radical (unpaired) electrons. The van der Waals surface area contributed by atoms with Crippen LogP contribution >= 0.6 is 12.2 Å². The van der Waals surface area contributed by atoms with Crippen molar-refractivity contribution < 1.29 is 42.9 Å². The van der Waals surface area contributed by atoms with Crippen LogP contribution in [0, 0.1) is 4.91 Å². The molecular weight excluding hydrogens is 426 g/mol. The summed E-state index contributed by atoms with van der Waals surface area (Å²) in [7, 11) is 1.25. The van der Waals surface area contributed by atoms with Gasteiger partial charge >= 0.3 is 23.9 Å². The Kier molecular flexibility index (Phi) is 9.52. The standard InChI is InChI=1S/C16H23N3O10S/c1-7(20)25-6-11-13(26-8(2)21)14(27-9(3)22)12(15(29-11)28-10(4)23)17-16(30)19(5)18-24/h11-15H,6H2,1-5H3,(H,17,30). The van der Waals surface area contributed by atoms with Gasteiger partial charge in [-0.15, -0.1) is 4.91 Å². The maximum atomic E-state index is 11.7. The number of hydrogen-bond acceptors (Lipinski definition) is 12. The van der Waals surface area contributed by atoms with Crippen molar-refractivity contribution in [2.45, 2.75) is 58.3 Å². The number of nitrogens with zero attached hydrogens (tertiary/aromatic N) is 2. The molecule has 1 saturated heterocycles. The number of nitroso groups, excluding NO2 is 1. The Bertz CT molecular complexity index is 703. The summed E-state index contributed by atoms with van der Waals surface area (Å²) in [5.74, 6) is -2.90. The Morgan fingerprint density at radius 2 is 1.50 bits per heavy atom. The van der Waals surface area contributed by atoms with Crippen LogP contribution in [0.2, 0.25) is 0 Å². The molecule has 0 saturated carbocycles. The van der Waals surface area contributed by atoms with Crippen molar-refractivity contribution in [3.63, 3.8) is 0 Å². The molecule has 168 valence electrons. The van der Waals surface area contributed by atoms with Crippen LogP contribution in [0.1, 0.15) is 27.7 Å². The summed E-state index contributed by atoms with van der Waals surface area (Å²) in [6.07, 6.45) is -5.15. The number of thiocarbonyl (C=S) groups is 1. The van der Waals surface area contributed by atoms with Crippen molar-refractivity contribution in [1.29, 1.82) is 0 Å². The fourth-order valence-corrected chi connectivity index (χ4v) is 2.76. The topological polar surface area (TPSA) is 159 Å². The van der Waals surface area contributed by atoms with Crippen LogP contribution in [0.15, 0.2) is 5.29 Å². The first-order valence-electron chi connectivity index (χ1n) is 8.64. The molecule has 0 spiro atoms. The Hall–Kier alpha value is -2.87. The maximum absolute atomic E-state index is 11.7. The second-order valence-electron chi connectivity index (χ2n) is 6.18. The minimum Gasteiger partial charge on any atom is -0.463 e. The minimum atomic E-state index is -1.42. The summed E-state index contributed by atoms with van der Waals surface area (Å²) in [4.78, 5) is 56.9. The molecule has 0 aromatic heterocycles. The third-order valence-electron chi connectivity index (χ3n) is 3.69. The average Bonchev–Trinajstić information content (AvgIpc) is 2.62. The third-order valence-corrected chi connectivity index (χ3v) is 4.07. The van der Waals surface area contributed by atoms with Crippen LogP contribution in [0.3, 0.4) is 0 Å². The normalized spacial score (nSPS) is 25.3. The van der Waals surface area contributed by atoms with Crippen LogP contribution in [-0.4, -0.2) is 78.3 Å². The second kappa shape index (κ2) is 11.3. The monoisotopic (exact) mass is 449 g/mol. The van der Waals surface area contributed by atoms with Crippen molar-refractivity contribution >= 4 is 41.2 Å². The predicted molar refractivity (Wildman–Crippen MR) is 101 cm³/mol. The maximum Gasteiger partial charge on any atom is 0.305 e. The lowest BCUT2D eigenvalue weighted by Crippen LogP contribution is -2.67. The molecule has 0 amide bonds. The van der Waals surface area contributed by atoms with E-state index < -0.39 is 61.1 Å². The zero-order chi connectivity index (χ0) is 23.0. The van der Waals surface area contributed by atoms with Gasteiger partial charge in [-0.1, -0.05) is 0 Å². The summed E-state index contributed by atoms with van der Waals surface area (Å²) in [5, 5.41) is 5.84. The van der Waals surface area contributed by atoms with E-state index in [1.807, 2.05) is 0 Å². The second-order valence-corrected chi connectivity index (χ2v) is 6.57. The van der Waals surface area contributed by atoms with E-state index in [2.05, 4.69) is 10.6 Å². The number of nitrogens with one attached hydrogen (secondary N) is 1. The summed E-state index contributed by atoms with van der Waals surface area (Å²) in [6, 6.07) is -1.20. The number of carbonyl (C=O) groups excluding carboxylic acids is 4. The van der Waals surface area contributed by atoms with Crippen LogP contribution < -0.4 is 5.32 Å². The van der Waals surface area contributed by atoms with Crippen molar-refractivity contribution in [2.75, 3.05) is 13.7 Å². The van der Waals surface area contributed by atoms with E-state index >= 15 is 0 Å². The van der Waals surface area contributed by atoms with Gasteiger partial charge in [-0.2, -0.15) is 0 Å². The molecule has 5 atom stereocenters. The van der Waals surface area contributed by atoms with E-state index in [9.17, 15) is 24.1 Å². The molecule has 14 heteroatoms. The SMILES string of the molecule is CC(=O)OCC1OC(OC(C)=O)C(NC(=S)N(C)N=O)C(OC(C)=O)C1OC(C)=O. The lowest BCUT2D eigenvalue weighted by atomic mass is 9.96. The molecule has 1 fully saturated rings. The van der Waals surface area contributed by atoms with Gasteiger partial charge in [0, 0.05) is 34.7 Å². The minimum absolute atomic E-state index is 0.215. The Balaban J connectivity index is 3.37. The summed E-state index contributed by atoms with van der Waals surface area (Å²) < 4.78 is 26.3. The highest BCUT2D eigenvalue weighted by atomic mass is 32.1. The number of ether oxygens (including phenoxy) is 5. The van der Waals surface area contributed by atoms with Crippen LogP contribution in [0.25, 0.3) is 0 Å². The van der Waals surface area contributed by atoms with Crippen LogP contribution in [0.4, 0.5) is 0 Å². The van der Waals surface area contributed by atoms with E-state index in [-0.39, 0.29) is 5.11 Å². The highest BCUT2D eigenvalue weighted by Gasteiger charge is 2.52. The van der Waals surface area contributed by atoms with Gasteiger partial charge in [0.15, 0.2) is 17.3 Å². The first-order chi connectivity index (χ1) is 14.0. The Morgan fingerprint density at radius 3 is 1.97 bits per heavy atom. The van der Waals surface area contributed by atoms with Gasteiger partial charge in [0.1, 0.15) is 18.8 Å². The average molecular weight is 449 g/mol. The van der Waals surface area contributed by atoms with Gasteiger partial charge in [0.2, 0.25) is 6.29 Å². The van der Waals surface area contributed by atoms with Crippen molar-refractivity contribution in [2.24, 2.45) is 5.29 Å². The lowest BCUT2D eigenvalue weighted by molar-refractivity contribution is -0.269. The number of esters is 4. The van der Waals surface area contributed by atoms with Crippen LogP contribution in [0.5, 0.6) is 0 Å². The number of hydrogen-bond donors (Lipinski definition) is 1. The van der Waals surface area contributed by atoms with Gasteiger partial charge < -0.3 is 29.0 Å². The first kappa shape index (κ1) is 25.2. The molecule has 0 bridgehead atoms.